The lowest BCUT2D eigenvalue weighted by molar-refractivity contribution is -0.123. The number of anilines is 2. The third-order valence-electron chi connectivity index (χ3n) is 5.84. The van der Waals surface area contributed by atoms with Gasteiger partial charge in [0.25, 0.3) is 5.91 Å². The average molecular weight is 447 g/mol. The Hall–Kier alpha value is -3.45. The molecule has 5 rings (SSSR count). The normalized spacial score (nSPS) is 19.6. The molecule has 0 saturated carbocycles. The van der Waals surface area contributed by atoms with Gasteiger partial charge in [-0.05, 0) is 11.6 Å². The van der Waals surface area contributed by atoms with Gasteiger partial charge in [-0.1, -0.05) is 48.5 Å². The van der Waals surface area contributed by atoms with Crippen molar-refractivity contribution in [2.24, 2.45) is 0 Å². The summed E-state index contributed by atoms with van der Waals surface area (Å²) in [5, 5.41) is 0. The predicted octanol–water partition coefficient (Wildman–Crippen LogP) is 4.18. The molecule has 1 fully saturated rings. The Bertz CT molecular complexity index is 1180. The van der Waals surface area contributed by atoms with Crippen molar-refractivity contribution >= 4 is 35.0 Å². The van der Waals surface area contributed by atoms with Gasteiger partial charge in [-0.15, -0.1) is 11.8 Å². The summed E-state index contributed by atoms with van der Waals surface area (Å²) < 4.78 is 10.8. The molecule has 7 heteroatoms. The smallest absolute Gasteiger partial charge is 0.269 e. The Kier molecular flexibility index (Phi) is 5.06. The van der Waals surface area contributed by atoms with Crippen LogP contribution in [-0.4, -0.2) is 31.8 Å². The molecule has 1 atom stereocenters. The van der Waals surface area contributed by atoms with E-state index in [-0.39, 0.29) is 17.6 Å². The van der Waals surface area contributed by atoms with Crippen LogP contribution in [0.4, 0.5) is 11.4 Å². The van der Waals surface area contributed by atoms with E-state index in [1.807, 2.05) is 54.6 Å². The largest absolute Gasteiger partial charge is 0.497 e. The summed E-state index contributed by atoms with van der Waals surface area (Å²) in [5.74, 6) is 1.06. The number of para-hydroxylation sites is 1. The van der Waals surface area contributed by atoms with Crippen molar-refractivity contribution in [3.8, 4) is 11.5 Å². The summed E-state index contributed by atoms with van der Waals surface area (Å²) in [4.78, 5) is 29.5. The number of carbonyl (C=O) groups is 2. The van der Waals surface area contributed by atoms with Crippen molar-refractivity contribution < 1.29 is 19.1 Å². The van der Waals surface area contributed by atoms with E-state index in [1.165, 1.54) is 11.8 Å². The lowest BCUT2D eigenvalue weighted by Crippen LogP contribution is -2.49. The number of amides is 2. The number of ether oxygens (including phenoxy) is 2. The molecule has 2 amide bonds. The molecule has 3 aromatic rings. The molecule has 0 aromatic heterocycles. The first kappa shape index (κ1) is 20.5. The highest BCUT2D eigenvalue weighted by atomic mass is 32.2. The number of nitrogens with zero attached hydrogens (tertiary/aromatic N) is 2. The Morgan fingerprint density at radius 2 is 1.56 bits per heavy atom. The summed E-state index contributed by atoms with van der Waals surface area (Å²) in [6.07, 6.45) is 0. The van der Waals surface area contributed by atoms with E-state index < -0.39 is 4.87 Å². The molecular formula is C25H22N2O4S. The minimum atomic E-state index is -1.17. The van der Waals surface area contributed by atoms with Gasteiger partial charge in [0.1, 0.15) is 11.5 Å². The van der Waals surface area contributed by atoms with Crippen molar-refractivity contribution in [3.05, 3.63) is 83.9 Å². The first-order valence-corrected chi connectivity index (χ1v) is 11.2. The molecule has 1 spiro atoms. The van der Waals surface area contributed by atoms with Crippen LogP contribution in [0.5, 0.6) is 11.5 Å². The van der Waals surface area contributed by atoms with Crippen molar-refractivity contribution in [3.63, 3.8) is 0 Å². The summed E-state index contributed by atoms with van der Waals surface area (Å²) in [7, 11) is 3.12. The zero-order valence-corrected chi connectivity index (χ0v) is 18.6. The lowest BCUT2D eigenvalue weighted by Gasteiger charge is -2.33. The van der Waals surface area contributed by atoms with E-state index in [0.717, 1.165) is 16.8 Å². The zero-order valence-electron chi connectivity index (χ0n) is 17.8. The molecule has 2 heterocycles. The summed E-state index contributed by atoms with van der Waals surface area (Å²) in [6.45, 7) is 0.433. The second kappa shape index (κ2) is 7.91. The number of hydrogen-bond acceptors (Lipinski definition) is 5. The molecule has 2 aliphatic heterocycles. The van der Waals surface area contributed by atoms with Crippen molar-refractivity contribution in [1.29, 1.82) is 0 Å². The number of thioether (sulfide) groups is 1. The first-order chi connectivity index (χ1) is 15.6. The summed E-state index contributed by atoms with van der Waals surface area (Å²) in [6, 6.07) is 22.9. The minimum absolute atomic E-state index is 0.125. The van der Waals surface area contributed by atoms with Crippen LogP contribution in [0.2, 0.25) is 0 Å². The third-order valence-corrected chi connectivity index (χ3v) is 7.23. The number of carbonyl (C=O) groups excluding carboxylic acids is 2. The first-order valence-electron chi connectivity index (χ1n) is 10.2. The fourth-order valence-corrected chi connectivity index (χ4v) is 5.76. The zero-order chi connectivity index (χ0) is 22.3. The van der Waals surface area contributed by atoms with Crippen LogP contribution in [0.25, 0.3) is 0 Å². The molecule has 0 radical (unpaired) electrons. The van der Waals surface area contributed by atoms with E-state index in [9.17, 15) is 9.59 Å². The van der Waals surface area contributed by atoms with Gasteiger partial charge < -0.3 is 14.4 Å². The molecule has 32 heavy (non-hydrogen) atoms. The average Bonchev–Trinajstić information content (AvgIpc) is 3.30. The Morgan fingerprint density at radius 3 is 2.25 bits per heavy atom. The van der Waals surface area contributed by atoms with E-state index in [4.69, 9.17) is 9.47 Å². The van der Waals surface area contributed by atoms with Crippen LogP contribution in [0, 0.1) is 0 Å². The molecule has 0 unspecified atom stereocenters. The van der Waals surface area contributed by atoms with Crippen molar-refractivity contribution in [1.82, 2.24) is 0 Å². The molecule has 162 valence electrons. The van der Waals surface area contributed by atoms with Crippen LogP contribution in [0.1, 0.15) is 11.1 Å². The van der Waals surface area contributed by atoms with Gasteiger partial charge in [0, 0.05) is 23.8 Å². The highest BCUT2D eigenvalue weighted by molar-refractivity contribution is 8.02. The SMILES string of the molecule is COc1cc(OC)cc(N2C(=O)CS[C@@]23C(=O)N(Cc2ccccc2)c2ccccc23)c1. The van der Waals surface area contributed by atoms with Gasteiger partial charge in [-0.25, -0.2) is 0 Å². The Morgan fingerprint density at radius 1 is 0.906 bits per heavy atom. The second-order valence-electron chi connectivity index (χ2n) is 7.63. The van der Waals surface area contributed by atoms with Crippen molar-refractivity contribution in [2.75, 3.05) is 29.8 Å². The van der Waals surface area contributed by atoms with E-state index in [0.29, 0.717) is 23.7 Å². The molecule has 6 nitrogen and oxygen atoms in total. The van der Waals surface area contributed by atoms with Crippen LogP contribution in [0.3, 0.4) is 0 Å². The Labute approximate surface area is 190 Å². The van der Waals surface area contributed by atoms with E-state index in [1.54, 1.807) is 42.2 Å². The fraction of sp³-hybridized carbons (Fsp3) is 0.200. The van der Waals surface area contributed by atoms with Gasteiger partial charge in [0.15, 0.2) is 0 Å². The van der Waals surface area contributed by atoms with E-state index >= 15 is 0 Å². The summed E-state index contributed by atoms with van der Waals surface area (Å²) >= 11 is 1.36. The highest BCUT2D eigenvalue weighted by Gasteiger charge is 2.61. The monoisotopic (exact) mass is 446 g/mol. The Balaban J connectivity index is 1.66. The molecule has 2 aliphatic rings. The van der Waals surface area contributed by atoms with Crippen molar-refractivity contribution in [2.45, 2.75) is 11.4 Å². The van der Waals surface area contributed by atoms with Gasteiger partial charge in [-0.2, -0.15) is 0 Å². The molecule has 3 aromatic carbocycles. The molecule has 0 aliphatic carbocycles. The lowest BCUT2D eigenvalue weighted by atomic mass is 10.0. The number of hydrogen-bond donors (Lipinski definition) is 0. The number of methoxy groups -OCH3 is 2. The summed E-state index contributed by atoms with van der Waals surface area (Å²) in [5.41, 5.74) is 3.24. The highest BCUT2D eigenvalue weighted by Crippen LogP contribution is 2.56. The van der Waals surface area contributed by atoms with Crippen LogP contribution < -0.4 is 19.3 Å². The van der Waals surface area contributed by atoms with Gasteiger partial charge in [0.2, 0.25) is 10.8 Å². The number of fused-ring (bicyclic) bond motifs is 2. The van der Waals surface area contributed by atoms with Crippen LogP contribution in [0.15, 0.2) is 72.8 Å². The molecular weight excluding hydrogens is 424 g/mol. The van der Waals surface area contributed by atoms with Gasteiger partial charge >= 0.3 is 0 Å². The third kappa shape index (κ3) is 3.04. The van der Waals surface area contributed by atoms with Gasteiger partial charge in [-0.3, -0.25) is 14.5 Å². The standard InChI is InChI=1S/C25H22N2O4S/c1-30-19-12-18(13-20(14-19)31-2)27-23(28)16-32-25(27)21-10-6-7-11-22(21)26(24(25)29)15-17-8-4-3-5-9-17/h3-14H,15-16H2,1-2H3/t25-/m0/s1. The maximum Gasteiger partial charge on any atom is 0.269 e. The topological polar surface area (TPSA) is 59.1 Å². The maximum absolute atomic E-state index is 14.1. The fourth-order valence-electron chi connectivity index (χ4n) is 4.40. The molecule has 0 bridgehead atoms. The van der Waals surface area contributed by atoms with Gasteiger partial charge in [0.05, 0.1) is 37.9 Å². The second-order valence-corrected chi connectivity index (χ2v) is 8.79. The molecule has 1 saturated heterocycles. The molecule has 0 N–H and O–H groups in total. The minimum Gasteiger partial charge on any atom is -0.497 e. The predicted molar refractivity (Wildman–Crippen MR) is 125 cm³/mol. The van der Waals surface area contributed by atoms with E-state index in [2.05, 4.69) is 0 Å². The maximum atomic E-state index is 14.1. The van der Waals surface area contributed by atoms with Crippen LogP contribution in [-0.2, 0) is 21.0 Å². The number of benzene rings is 3. The quantitative estimate of drug-likeness (QED) is 0.588. The van der Waals surface area contributed by atoms with Crippen LogP contribution >= 0.6 is 11.8 Å². The number of rotatable bonds is 5.